The standard InChI is InChI=1S/C23H20N4O4/c1-31-18-8-7-16(13-24)20-19(18)17(14-25-20)21(28)23(30)27-11-9-26(10-12-27)22(29)15-5-3-2-4-6-15/h2-8,14,25H,9-12H2,1H3. The minimum Gasteiger partial charge on any atom is -0.496 e. The molecule has 3 aromatic rings. The van der Waals surface area contributed by atoms with Gasteiger partial charge in [-0.25, -0.2) is 0 Å². The van der Waals surface area contributed by atoms with Crippen molar-refractivity contribution in [2.24, 2.45) is 0 Å². The average Bonchev–Trinajstić information content (AvgIpc) is 3.28. The molecule has 8 heteroatoms. The van der Waals surface area contributed by atoms with Crippen LogP contribution in [0, 0.1) is 11.3 Å². The second-order valence-electron chi connectivity index (χ2n) is 7.16. The topological polar surface area (TPSA) is 106 Å². The predicted octanol–water partition coefficient (Wildman–Crippen LogP) is 2.22. The summed E-state index contributed by atoms with van der Waals surface area (Å²) in [5.74, 6) is -1.01. The first-order valence-corrected chi connectivity index (χ1v) is 9.81. The zero-order chi connectivity index (χ0) is 22.0. The first-order valence-electron chi connectivity index (χ1n) is 9.81. The molecule has 1 aliphatic rings. The van der Waals surface area contributed by atoms with Crippen molar-refractivity contribution in [1.82, 2.24) is 14.8 Å². The fourth-order valence-electron chi connectivity index (χ4n) is 3.79. The number of H-pyrrole nitrogens is 1. The largest absolute Gasteiger partial charge is 0.496 e. The number of carbonyl (C=O) groups is 3. The van der Waals surface area contributed by atoms with Crippen LogP contribution in [0.2, 0.25) is 0 Å². The SMILES string of the molecule is COc1ccc(C#N)c2[nH]cc(C(=O)C(=O)N3CCN(C(=O)c4ccccc4)CC3)c12. The Balaban J connectivity index is 1.51. The monoisotopic (exact) mass is 416 g/mol. The molecule has 4 rings (SSSR count). The molecule has 8 nitrogen and oxygen atoms in total. The van der Waals surface area contributed by atoms with Gasteiger partial charge in [0.05, 0.1) is 29.1 Å². The van der Waals surface area contributed by atoms with Gasteiger partial charge in [0, 0.05) is 37.9 Å². The van der Waals surface area contributed by atoms with E-state index in [1.165, 1.54) is 18.2 Å². The molecule has 2 aromatic carbocycles. The summed E-state index contributed by atoms with van der Waals surface area (Å²) in [6.07, 6.45) is 1.43. The number of ketones is 1. The second-order valence-corrected chi connectivity index (χ2v) is 7.16. The Labute approximate surface area is 178 Å². The van der Waals surface area contributed by atoms with Crippen LogP contribution in [0.3, 0.4) is 0 Å². The summed E-state index contributed by atoms with van der Waals surface area (Å²) in [6.45, 7) is 1.24. The zero-order valence-electron chi connectivity index (χ0n) is 16.9. The van der Waals surface area contributed by atoms with Crippen LogP contribution in [-0.2, 0) is 4.79 Å². The fraction of sp³-hybridized carbons (Fsp3) is 0.217. The van der Waals surface area contributed by atoms with E-state index in [4.69, 9.17) is 4.74 Å². The van der Waals surface area contributed by atoms with Gasteiger partial charge >= 0.3 is 0 Å². The smallest absolute Gasteiger partial charge is 0.295 e. The Kier molecular flexibility index (Phi) is 5.41. The van der Waals surface area contributed by atoms with E-state index in [1.54, 1.807) is 41.3 Å². The van der Waals surface area contributed by atoms with Crippen LogP contribution < -0.4 is 4.74 Å². The van der Waals surface area contributed by atoms with E-state index in [1.807, 2.05) is 6.07 Å². The number of amides is 2. The lowest BCUT2D eigenvalue weighted by molar-refractivity contribution is -0.127. The van der Waals surface area contributed by atoms with Crippen LogP contribution in [0.25, 0.3) is 10.9 Å². The number of piperazine rings is 1. The summed E-state index contributed by atoms with van der Waals surface area (Å²) < 4.78 is 5.33. The van der Waals surface area contributed by atoms with Crippen LogP contribution in [0.4, 0.5) is 0 Å². The number of aromatic nitrogens is 1. The number of nitrogens with one attached hydrogen (secondary N) is 1. The lowest BCUT2D eigenvalue weighted by Crippen LogP contribution is -2.52. The Morgan fingerprint density at radius 2 is 1.68 bits per heavy atom. The second kappa shape index (κ2) is 8.32. The van der Waals surface area contributed by atoms with Crippen molar-refractivity contribution in [3.63, 3.8) is 0 Å². The number of hydrogen-bond acceptors (Lipinski definition) is 5. The summed E-state index contributed by atoms with van der Waals surface area (Å²) in [7, 11) is 1.47. The summed E-state index contributed by atoms with van der Waals surface area (Å²) in [5.41, 5.74) is 1.57. The van der Waals surface area contributed by atoms with Crippen LogP contribution in [0.15, 0.2) is 48.7 Å². The van der Waals surface area contributed by atoms with Gasteiger partial charge in [-0.05, 0) is 24.3 Å². The molecule has 0 bridgehead atoms. The third kappa shape index (κ3) is 3.62. The first kappa shape index (κ1) is 20.2. The lowest BCUT2D eigenvalue weighted by Gasteiger charge is -2.34. The number of fused-ring (bicyclic) bond motifs is 1. The molecule has 0 spiro atoms. The maximum Gasteiger partial charge on any atom is 0.295 e. The van der Waals surface area contributed by atoms with Gasteiger partial charge in [-0.3, -0.25) is 14.4 Å². The number of nitrogens with zero attached hydrogens (tertiary/aromatic N) is 3. The van der Waals surface area contributed by atoms with Crippen LogP contribution >= 0.6 is 0 Å². The summed E-state index contributed by atoms with van der Waals surface area (Å²) >= 11 is 0. The van der Waals surface area contributed by atoms with Crippen LogP contribution in [0.5, 0.6) is 5.75 Å². The maximum absolute atomic E-state index is 13.0. The molecule has 0 aliphatic carbocycles. The van der Waals surface area contributed by atoms with Crippen molar-refractivity contribution in [3.05, 3.63) is 65.4 Å². The highest BCUT2D eigenvalue weighted by molar-refractivity contribution is 6.45. The van der Waals surface area contributed by atoms with Gasteiger partial charge in [0.15, 0.2) is 0 Å². The van der Waals surface area contributed by atoms with E-state index in [0.717, 1.165) is 0 Å². The third-order valence-corrected chi connectivity index (χ3v) is 5.45. The molecular formula is C23H20N4O4. The number of rotatable bonds is 4. The minimum atomic E-state index is -0.678. The zero-order valence-corrected chi connectivity index (χ0v) is 16.9. The van der Waals surface area contributed by atoms with Crippen molar-refractivity contribution in [2.45, 2.75) is 0 Å². The molecule has 31 heavy (non-hydrogen) atoms. The molecule has 1 aliphatic heterocycles. The van der Waals surface area contributed by atoms with Crippen molar-refractivity contribution in [3.8, 4) is 11.8 Å². The number of hydrogen-bond donors (Lipinski definition) is 1. The molecular weight excluding hydrogens is 396 g/mol. The molecule has 2 heterocycles. The highest BCUT2D eigenvalue weighted by Crippen LogP contribution is 2.31. The van der Waals surface area contributed by atoms with Gasteiger partial charge in [0.25, 0.3) is 17.6 Å². The van der Waals surface area contributed by atoms with E-state index in [9.17, 15) is 19.6 Å². The molecule has 1 aromatic heterocycles. The van der Waals surface area contributed by atoms with Crippen molar-refractivity contribution < 1.29 is 19.1 Å². The van der Waals surface area contributed by atoms with Gasteiger partial charge in [0.2, 0.25) is 0 Å². The molecule has 1 saturated heterocycles. The van der Waals surface area contributed by atoms with Gasteiger partial charge in [-0.15, -0.1) is 0 Å². The number of nitriles is 1. The van der Waals surface area contributed by atoms with Crippen LogP contribution in [-0.4, -0.2) is 65.7 Å². The summed E-state index contributed by atoms with van der Waals surface area (Å²) in [4.78, 5) is 44.5. The highest BCUT2D eigenvalue weighted by Gasteiger charge is 2.31. The number of benzene rings is 2. The molecule has 156 valence electrons. The Morgan fingerprint density at radius 3 is 2.32 bits per heavy atom. The fourth-order valence-corrected chi connectivity index (χ4v) is 3.79. The molecule has 0 atom stereocenters. The number of aromatic amines is 1. The summed E-state index contributed by atoms with van der Waals surface area (Å²) in [6, 6.07) is 14.2. The van der Waals surface area contributed by atoms with Gasteiger partial charge in [-0.1, -0.05) is 18.2 Å². The number of methoxy groups -OCH3 is 1. The lowest BCUT2D eigenvalue weighted by atomic mass is 10.0. The first-order chi connectivity index (χ1) is 15.0. The predicted molar refractivity (Wildman–Crippen MR) is 113 cm³/mol. The van der Waals surface area contributed by atoms with E-state index >= 15 is 0 Å². The maximum atomic E-state index is 13.0. The number of ether oxygens (including phenoxy) is 1. The normalized spacial score (nSPS) is 13.7. The quantitative estimate of drug-likeness (QED) is 0.518. The van der Waals surface area contributed by atoms with Crippen molar-refractivity contribution in [2.75, 3.05) is 33.3 Å². The number of Topliss-reactive ketones (excluding diaryl/α,β-unsaturated/α-hetero) is 1. The van der Waals surface area contributed by atoms with Crippen LogP contribution in [0.1, 0.15) is 26.3 Å². The third-order valence-electron chi connectivity index (χ3n) is 5.45. The molecule has 0 saturated carbocycles. The average molecular weight is 416 g/mol. The molecule has 2 amide bonds. The van der Waals surface area contributed by atoms with E-state index < -0.39 is 11.7 Å². The Hall–Kier alpha value is -4.12. The summed E-state index contributed by atoms with van der Waals surface area (Å²) in [5, 5.41) is 9.72. The van der Waals surface area contributed by atoms with Crippen molar-refractivity contribution in [1.29, 1.82) is 5.26 Å². The molecule has 1 fully saturated rings. The van der Waals surface area contributed by atoms with Gasteiger partial charge in [-0.2, -0.15) is 5.26 Å². The molecule has 1 N–H and O–H groups in total. The molecule has 0 radical (unpaired) electrons. The Bertz CT molecular complexity index is 1200. The van der Waals surface area contributed by atoms with Crippen molar-refractivity contribution >= 4 is 28.5 Å². The minimum absolute atomic E-state index is 0.0931. The van der Waals surface area contributed by atoms with E-state index in [-0.39, 0.29) is 24.6 Å². The van der Waals surface area contributed by atoms with Gasteiger partial charge < -0.3 is 19.5 Å². The molecule has 0 unspecified atom stereocenters. The van der Waals surface area contributed by atoms with E-state index in [0.29, 0.717) is 40.9 Å². The highest BCUT2D eigenvalue weighted by atomic mass is 16.5. The van der Waals surface area contributed by atoms with E-state index in [2.05, 4.69) is 11.1 Å². The Morgan fingerprint density at radius 1 is 1.00 bits per heavy atom. The number of carbonyl (C=O) groups excluding carboxylic acids is 3. The van der Waals surface area contributed by atoms with Gasteiger partial charge in [0.1, 0.15) is 11.8 Å².